The average molecular weight is 186 g/mol. The topological polar surface area (TPSA) is 112 Å². The molecule has 0 spiro atoms. The maximum atomic E-state index is 10.0. The smallest absolute Gasteiger partial charge is 1.00 e. The minimum Gasteiger partial charge on any atom is -1.00 e. The molecule has 12 heavy (non-hydrogen) atoms. The summed E-state index contributed by atoms with van der Waals surface area (Å²) >= 11 is 0. The number of hydrogen-bond donors (Lipinski definition) is 3. The third kappa shape index (κ3) is 5.11. The van der Waals surface area contributed by atoms with Gasteiger partial charge in [-0.1, -0.05) is 0 Å². The van der Waals surface area contributed by atoms with E-state index < -0.39 is 30.2 Å². The molecule has 0 heterocycles. The van der Waals surface area contributed by atoms with Crippen molar-refractivity contribution in [3.63, 3.8) is 0 Å². The van der Waals surface area contributed by atoms with Gasteiger partial charge in [0.05, 0.1) is 6.42 Å². The summed E-state index contributed by atoms with van der Waals surface area (Å²) < 4.78 is 0. The summed E-state index contributed by atoms with van der Waals surface area (Å²) in [6.07, 6.45) is -0.898. The molecule has 0 aromatic carbocycles. The van der Waals surface area contributed by atoms with Crippen molar-refractivity contribution in [3.8, 4) is 0 Å². The Bertz CT molecular complexity index is 191. The molecule has 0 atom stereocenters. The standard InChI is InChI=1S/C5H6O6.Na.H/c6-3(7)1-2(4(8)9)5(10)11;;/h2H,1H2,(H,6,7)(H,8,9)(H,10,11);;/q;+1;-1. The number of carbonyl (C=O) groups is 3. The van der Waals surface area contributed by atoms with E-state index >= 15 is 0 Å². The van der Waals surface area contributed by atoms with Crippen LogP contribution in [0, 0.1) is 5.92 Å². The first-order chi connectivity index (χ1) is 4.95. The summed E-state index contributed by atoms with van der Waals surface area (Å²) in [7, 11) is 0. The Morgan fingerprint density at radius 3 is 1.50 bits per heavy atom. The second-order valence-electron chi connectivity index (χ2n) is 1.83. The molecule has 0 rings (SSSR count). The summed E-state index contributed by atoms with van der Waals surface area (Å²) in [5, 5.41) is 24.4. The minimum absolute atomic E-state index is 0. The molecule has 0 amide bonds. The summed E-state index contributed by atoms with van der Waals surface area (Å²) in [6.45, 7) is 0. The number of aliphatic carboxylic acids is 3. The Kier molecular flexibility index (Phi) is 6.96. The van der Waals surface area contributed by atoms with Crippen LogP contribution in [0.15, 0.2) is 0 Å². The first-order valence-corrected chi connectivity index (χ1v) is 2.62. The first kappa shape index (κ1) is 14.0. The van der Waals surface area contributed by atoms with Crippen molar-refractivity contribution in [2.24, 2.45) is 5.92 Å². The monoisotopic (exact) mass is 186 g/mol. The van der Waals surface area contributed by atoms with Crippen molar-refractivity contribution in [1.29, 1.82) is 0 Å². The van der Waals surface area contributed by atoms with Gasteiger partial charge in [-0.2, -0.15) is 0 Å². The van der Waals surface area contributed by atoms with Gasteiger partial charge in [-0.15, -0.1) is 0 Å². The zero-order valence-electron chi connectivity index (χ0n) is 7.35. The third-order valence-corrected chi connectivity index (χ3v) is 0.975. The van der Waals surface area contributed by atoms with E-state index in [0.717, 1.165) is 0 Å². The van der Waals surface area contributed by atoms with Crippen molar-refractivity contribution >= 4 is 17.9 Å². The van der Waals surface area contributed by atoms with Crippen LogP contribution in [0.1, 0.15) is 7.85 Å². The van der Waals surface area contributed by atoms with Crippen LogP contribution in [0.4, 0.5) is 0 Å². The van der Waals surface area contributed by atoms with Crippen LogP contribution in [-0.4, -0.2) is 33.2 Å². The van der Waals surface area contributed by atoms with Gasteiger partial charge in [-0.25, -0.2) is 0 Å². The molecule has 0 unspecified atom stereocenters. The normalized spacial score (nSPS) is 8.75. The van der Waals surface area contributed by atoms with Crippen LogP contribution in [0.2, 0.25) is 0 Å². The van der Waals surface area contributed by atoms with E-state index in [2.05, 4.69) is 0 Å². The maximum absolute atomic E-state index is 10.0. The van der Waals surface area contributed by atoms with Crippen LogP contribution < -0.4 is 29.6 Å². The predicted molar refractivity (Wildman–Crippen MR) is 32.1 cm³/mol. The Labute approximate surface area is 91.0 Å². The summed E-state index contributed by atoms with van der Waals surface area (Å²) in [6, 6.07) is 0. The molecule has 0 aromatic heterocycles. The van der Waals surface area contributed by atoms with Crippen LogP contribution in [0.3, 0.4) is 0 Å². The van der Waals surface area contributed by atoms with Crippen molar-refractivity contribution in [2.45, 2.75) is 6.42 Å². The minimum atomic E-state index is -1.85. The average Bonchev–Trinajstić information content (AvgIpc) is 1.81. The Morgan fingerprint density at radius 2 is 1.42 bits per heavy atom. The molecule has 0 aromatic rings. The quantitative estimate of drug-likeness (QED) is 0.308. The SMILES string of the molecule is O=C(O)CC(C(=O)O)C(=O)O.[H-].[Na+]. The van der Waals surface area contributed by atoms with Crippen molar-refractivity contribution in [1.82, 2.24) is 0 Å². The molecule has 0 saturated carbocycles. The zero-order chi connectivity index (χ0) is 9.02. The van der Waals surface area contributed by atoms with E-state index in [-0.39, 0.29) is 31.0 Å². The fraction of sp³-hybridized carbons (Fsp3) is 0.400. The molecule has 7 heteroatoms. The van der Waals surface area contributed by atoms with Crippen LogP contribution in [0.25, 0.3) is 0 Å². The molecular weight excluding hydrogens is 179 g/mol. The fourth-order valence-electron chi connectivity index (χ4n) is 0.455. The summed E-state index contributed by atoms with van der Waals surface area (Å²) in [5.41, 5.74) is 0. The van der Waals surface area contributed by atoms with E-state index in [0.29, 0.717) is 0 Å². The second-order valence-corrected chi connectivity index (χ2v) is 1.83. The molecule has 0 aliphatic heterocycles. The summed E-state index contributed by atoms with van der Waals surface area (Å²) in [4.78, 5) is 30.0. The number of carboxylic acids is 3. The van der Waals surface area contributed by atoms with Gasteiger partial charge in [0.2, 0.25) is 0 Å². The molecule has 0 bridgehead atoms. The van der Waals surface area contributed by atoms with Gasteiger partial charge in [-0.3, -0.25) is 14.4 Å². The second kappa shape index (κ2) is 5.99. The van der Waals surface area contributed by atoms with Crippen molar-refractivity contribution < 1.29 is 60.7 Å². The number of hydrogen-bond acceptors (Lipinski definition) is 3. The first-order valence-electron chi connectivity index (χ1n) is 2.62. The molecule has 3 N–H and O–H groups in total. The van der Waals surface area contributed by atoms with Gasteiger partial charge in [0, 0.05) is 0 Å². The van der Waals surface area contributed by atoms with E-state index in [9.17, 15) is 14.4 Å². The largest absolute Gasteiger partial charge is 1.00 e. The van der Waals surface area contributed by atoms with Gasteiger partial charge in [0.15, 0.2) is 5.92 Å². The Hall–Kier alpha value is -0.590. The van der Waals surface area contributed by atoms with E-state index in [4.69, 9.17) is 15.3 Å². The Balaban J connectivity index is -0.000000500. The van der Waals surface area contributed by atoms with E-state index in [1.54, 1.807) is 0 Å². The molecule has 0 fully saturated rings. The molecule has 6 nitrogen and oxygen atoms in total. The number of rotatable bonds is 4. The summed E-state index contributed by atoms with van der Waals surface area (Å²) in [5.74, 6) is -6.58. The van der Waals surface area contributed by atoms with Gasteiger partial charge in [0.25, 0.3) is 0 Å². The predicted octanol–water partition coefficient (Wildman–Crippen LogP) is -3.64. The zero-order valence-corrected chi connectivity index (χ0v) is 8.35. The molecule has 0 radical (unpaired) electrons. The van der Waals surface area contributed by atoms with Gasteiger partial charge >= 0.3 is 47.5 Å². The molecular formula is C5H7NaO6. The maximum Gasteiger partial charge on any atom is 1.00 e. The van der Waals surface area contributed by atoms with Gasteiger partial charge in [-0.05, 0) is 0 Å². The molecule has 0 aliphatic rings. The van der Waals surface area contributed by atoms with E-state index in [1.165, 1.54) is 0 Å². The van der Waals surface area contributed by atoms with Crippen molar-refractivity contribution in [3.05, 3.63) is 0 Å². The molecule has 64 valence electrons. The molecule has 0 aliphatic carbocycles. The molecule has 0 saturated heterocycles. The van der Waals surface area contributed by atoms with Crippen LogP contribution in [-0.2, 0) is 14.4 Å². The third-order valence-electron chi connectivity index (χ3n) is 0.975. The van der Waals surface area contributed by atoms with Crippen LogP contribution >= 0.6 is 0 Å². The fourth-order valence-corrected chi connectivity index (χ4v) is 0.455. The Morgan fingerprint density at radius 1 is 1.08 bits per heavy atom. The van der Waals surface area contributed by atoms with Crippen molar-refractivity contribution in [2.75, 3.05) is 0 Å². The van der Waals surface area contributed by atoms with Gasteiger partial charge < -0.3 is 16.7 Å². The number of carboxylic acid groups (broad SMARTS) is 3. The van der Waals surface area contributed by atoms with Crippen LogP contribution in [0.5, 0.6) is 0 Å². The van der Waals surface area contributed by atoms with E-state index in [1.807, 2.05) is 0 Å². The van der Waals surface area contributed by atoms with Gasteiger partial charge in [0.1, 0.15) is 0 Å².